The van der Waals surface area contributed by atoms with E-state index in [1.807, 2.05) is 12.4 Å². The highest BCUT2D eigenvalue weighted by molar-refractivity contribution is 5.45. The molecule has 0 amide bonds. The molecular formula is C15H24N4. The lowest BCUT2D eigenvalue weighted by atomic mass is 10.1. The number of rotatable bonds is 3. The van der Waals surface area contributed by atoms with E-state index in [-0.39, 0.29) is 0 Å². The van der Waals surface area contributed by atoms with E-state index in [9.17, 15) is 0 Å². The zero-order valence-corrected chi connectivity index (χ0v) is 12.0. The van der Waals surface area contributed by atoms with Crippen molar-refractivity contribution in [1.82, 2.24) is 14.9 Å². The normalized spacial score (nSPS) is 24.6. The smallest absolute Gasteiger partial charge is 0.151 e. The van der Waals surface area contributed by atoms with Crippen molar-refractivity contribution in [2.45, 2.75) is 51.6 Å². The van der Waals surface area contributed by atoms with Crippen LogP contribution in [0.1, 0.15) is 51.3 Å². The van der Waals surface area contributed by atoms with Crippen molar-refractivity contribution in [1.29, 1.82) is 0 Å². The van der Waals surface area contributed by atoms with Gasteiger partial charge < -0.3 is 4.90 Å². The maximum atomic E-state index is 4.69. The van der Waals surface area contributed by atoms with Crippen LogP contribution in [0.3, 0.4) is 0 Å². The highest BCUT2D eigenvalue weighted by Gasteiger charge is 2.32. The molecular weight excluding hydrogens is 236 g/mol. The molecule has 1 unspecified atom stereocenters. The fraction of sp³-hybridized carbons (Fsp3) is 0.733. The first-order valence-corrected chi connectivity index (χ1v) is 7.59. The summed E-state index contributed by atoms with van der Waals surface area (Å²) in [6, 6.07) is 1.05. The lowest BCUT2D eigenvalue weighted by Gasteiger charge is -2.30. The van der Waals surface area contributed by atoms with Gasteiger partial charge in [0.2, 0.25) is 0 Å². The summed E-state index contributed by atoms with van der Waals surface area (Å²) in [4.78, 5) is 14.3. The Balaban J connectivity index is 1.91. The van der Waals surface area contributed by atoms with Crippen LogP contribution in [0.2, 0.25) is 0 Å². The standard InChI is InChI=1S/C15H24N4/c1-12(2)19-11-5-6-13(19)14-15(17-8-7-16-14)18-9-3-4-10-18/h7-8,12-13H,3-6,9-11H2,1-2H3. The maximum absolute atomic E-state index is 4.69. The third-order valence-corrected chi connectivity index (χ3v) is 4.38. The van der Waals surface area contributed by atoms with Gasteiger partial charge in [-0.25, -0.2) is 4.98 Å². The summed E-state index contributed by atoms with van der Waals surface area (Å²) in [7, 11) is 0. The lowest BCUT2D eigenvalue weighted by Crippen LogP contribution is -2.32. The van der Waals surface area contributed by atoms with Crippen molar-refractivity contribution < 1.29 is 0 Å². The molecule has 0 saturated carbocycles. The zero-order chi connectivity index (χ0) is 13.2. The van der Waals surface area contributed by atoms with Crippen molar-refractivity contribution in [3.63, 3.8) is 0 Å². The van der Waals surface area contributed by atoms with Crippen LogP contribution in [0, 0.1) is 0 Å². The molecule has 2 saturated heterocycles. The topological polar surface area (TPSA) is 32.3 Å². The first kappa shape index (κ1) is 12.9. The molecule has 4 nitrogen and oxygen atoms in total. The first-order chi connectivity index (χ1) is 9.27. The summed E-state index contributed by atoms with van der Waals surface area (Å²) in [6.07, 6.45) is 8.76. The molecule has 2 fully saturated rings. The second-order valence-electron chi connectivity index (χ2n) is 5.95. The van der Waals surface area contributed by atoms with Gasteiger partial charge in [0.15, 0.2) is 5.82 Å². The Labute approximate surface area is 115 Å². The Morgan fingerprint density at radius 1 is 1.05 bits per heavy atom. The molecule has 3 heterocycles. The molecule has 0 spiro atoms. The maximum Gasteiger partial charge on any atom is 0.151 e. The van der Waals surface area contributed by atoms with Crippen LogP contribution in [-0.2, 0) is 0 Å². The molecule has 3 rings (SSSR count). The van der Waals surface area contributed by atoms with Crippen LogP contribution < -0.4 is 4.90 Å². The van der Waals surface area contributed by atoms with Crippen molar-refractivity contribution in [3.05, 3.63) is 18.1 Å². The molecule has 19 heavy (non-hydrogen) atoms. The van der Waals surface area contributed by atoms with E-state index in [0.29, 0.717) is 12.1 Å². The number of likely N-dealkylation sites (tertiary alicyclic amines) is 1. The number of nitrogens with zero attached hydrogens (tertiary/aromatic N) is 4. The molecule has 0 N–H and O–H groups in total. The summed E-state index contributed by atoms with van der Waals surface area (Å²) in [5.74, 6) is 1.14. The Bertz CT molecular complexity index is 426. The Hall–Kier alpha value is -1.16. The first-order valence-electron chi connectivity index (χ1n) is 7.59. The van der Waals surface area contributed by atoms with E-state index < -0.39 is 0 Å². The minimum absolute atomic E-state index is 0.462. The third kappa shape index (κ3) is 2.46. The minimum atomic E-state index is 0.462. The molecule has 1 aromatic heterocycles. The summed E-state index contributed by atoms with van der Waals surface area (Å²) in [5.41, 5.74) is 1.20. The quantitative estimate of drug-likeness (QED) is 0.836. The van der Waals surface area contributed by atoms with Crippen LogP contribution in [-0.4, -0.2) is 40.5 Å². The predicted molar refractivity (Wildman–Crippen MR) is 77.3 cm³/mol. The lowest BCUT2D eigenvalue weighted by molar-refractivity contribution is 0.202. The van der Waals surface area contributed by atoms with Crippen LogP contribution in [0.25, 0.3) is 0 Å². The summed E-state index contributed by atoms with van der Waals surface area (Å²) in [6.45, 7) is 8.03. The highest BCUT2D eigenvalue weighted by atomic mass is 15.2. The van der Waals surface area contributed by atoms with E-state index in [1.165, 1.54) is 37.9 Å². The summed E-state index contributed by atoms with van der Waals surface area (Å²) >= 11 is 0. The van der Waals surface area contributed by atoms with Crippen LogP contribution in [0.15, 0.2) is 12.4 Å². The number of hydrogen-bond donors (Lipinski definition) is 0. The van der Waals surface area contributed by atoms with Gasteiger partial charge in [-0.15, -0.1) is 0 Å². The second kappa shape index (κ2) is 5.45. The second-order valence-corrected chi connectivity index (χ2v) is 5.95. The molecule has 1 aromatic rings. The van der Waals surface area contributed by atoms with Gasteiger partial charge in [0.05, 0.1) is 11.7 Å². The minimum Gasteiger partial charge on any atom is -0.355 e. The number of aromatic nitrogens is 2. The number of anilines is 1. The van der Waals surface area contributed by atoms with E-state index in [1.54, 1.807) is 0 Å². The molecule has 0 aromatic carbocycles. The van der Waals surface area contributed by atoms with Gasteiger partial charge in [-0.05, 0) is 46.1 Å². The van der Waals surface area contributed by atoms with Gasteiger partial charge >= 0.3 is 0 Å². The Kier molecular flexibility index (Phi) is 3.69. The van der Waals surface area contributed by atoms with Gasteiger partial charge in [-0.2, -0.15) is 0 Å². The molecule has 0 bridgehead atoms. The monoisotopic (exact) mass is 260 g/mol. The van der Waals surface area contributed by atoms with Crippen molar-refractivity contribution in [3.8, 4) is 0 Å². The molecule has 1 atom stereocenters. The highest BCUT2D eigenvalue weighted by Crippen LogP contribution is 2.36. The molecule has 2 aliphatic rings. The van der Waals surface area contributed by atoms with Crippen molar-refractivity contribution in [2.75, 3.05) is 24.5 Å². The zero-order valence-electron chi connectivity index (χ0n) is 12.0. The SMILES string of the molecule is CC(C)N1CCCC1c1nccnc1N1CCCC1. The Morgan fingerprint density at radius 3 is 2.53 bits per heavy atom. The average molecular weight is 260 g/mol. The van der Waals surface area contributed by atoms with Crippen LogP contribution in [0.5, 0.6) is 0 Å². The van der Waals surface area contributed by atoms with Crippen molar-refractivity contribution >= 4 is 5.82 Å². The largest absolute Gasteiger partial charge is 0.355 e. The third-order valence-electron chi connectivity index (χ3n) is 4.38. The van der Waals surface area contributed by atoms with E-state index in [0.717, 1.165) is 18.9 Å². The average Bonchev–Trinajstić information content (AvgIpc) is 3.10. The summed E-state index contributed by atoms with van der Waals surface area (Å²) < 4.78 is 0. The van der Waals surface area contributed by atoms with Gasteiger partial charge in [0.1, 0.15) is 0 Å². The Morgan fingerprint density at radius 2 is 1.79 bits per heavy atom. The van der Waals surface area contributed by atoms with Crippen molar-refractivity contribution in [2.24, 2.45) is 0 Å². The van der Waals surface area contributed by atoms with E-state index in [2.05, 4.69) is 28.6 Å². The molecule has 2 aliphatic heterocycles. The molecule has 0 aliphatic carbocycles. The molecule has 104 valence electrons. The van der Waals surface area contributed by atoms with Gasteiger partial charge in [0.25, 0.3) is 0 Å². The molecule has 4 heteroatoms. The van der Waals surface area contributed by atoms with Gasteiger partial charge in [0, 0.05) is 31.5 Å². The fourth-order valence-electron chi connectivity index (χ4n) is 3.45. The van der Waals surface area contributed by atoms with Crippen LogP contribution in [0.4, 0.5) is 5.82 Å². The van der Waals surface area contributed by atoms with E-state index in [4.69, 9.17) is 4.98 Å². The summed E-state index contributed by atoms with van der Waals surface area (Å²) in [5, 5.41) is 0. The van der Waals surface area contributed by atoms with Crippen LogP contribution >= 0.6 is 0 Å². The molecule has 0 radical (unpaired) electrons. The predicted octanol–water partition coefficient (Wildman–Crippen LogP) is 2.62. The van der Waals surface area contributed by atoms with E-state index >= 15 is 0 Å². The number of hydrogen-bond acceptors (Lipinski definition) is 4. The van der Waals surface area contributed by atoms with Gasteiger partial charge in [-0.3, -0.25) is 9.88 Å². The fourth-order valence-corrected chi connectivity index (χ4v) is 3.45. The van der Waals surface area contributed by atoms with Gasteiger partial charge in [-0.1, -0.05) is 0 Å².